The van der Waals surface area contributed by atoms with Crippen molar-refractivity contribution < 1.29 is 9.53 Å². The Morgan fingerprint density at radius 3 is 2.56 bits per heavy atom. The molecule has 0 radical (unpaired) electrons. The van der Waals surface area contributed by atoms with Gasteiger partial charge in [0.1, 0.15) is 16.9 Å². The quantitative estimate of drug-likeness (QED) is 0.671. The molecule has 0 unspecified atom stereocenters. The first kappa shape index (κ1) is 18.7. The van der Waals surface area contributed by atoms with E-state index in [1.54, 1.807) is 24.3 Å². The number of aryl methyl sites for hydroxylation is 1. The number of nitrogens with one attached hydrogen (secondary N) is 1. The van der Waals surface area contributed by atoms with Crippen LogP contribution in [-0.4, -0.2) is 22.9 Å². The number of halogens is 1. The molecule has 0 spiro atoms. The van der Waals surface area contributed by atoms with Gasteiger partial charge in [-0.05, 0) is 25.1 Å². The molecule has 138 valence electrons. The largest absolute Gasteiger partial charge is 0.465 e. The molecule has 0 saturated carbocycles. The van der Waals surface area contributed by atoms with Crippen molar-refractivity contribution in [2.45, 2.75) is 13.5 Å². The van der Waals surface area contributed by atoms with Crippen LogP contribution in [0.25, 0.3) is 11.3 Å². The number of carbonyl (C=O) groups is 1. The summed E-state index contributed by atoms with van der Waals surface area (Å²) in [6.07, 6.45) is 0. The standard InChI is InChI=1S/C20H18ClN3O3/c1-3-24-19(25)18(22-15-11-7-10-14(21)12-15)16(20(26)27-2)17(23-24)13-8-5-4-6-9-13/h4-12,22H,3H2,1-2H3. The van der Waals surface area contributed by atoms with Crippen LogP contribution in [0, 0.1) is 0 Å². The summed E-state index contributed by atoms with van der Waals surface area (Å²) in [7, 11) is 1.27. The van der Waals surface area contributed by atoms with Crippen molar-refractivity contribution in [3.8, 4) is 11.3 Å². The van der Waals surface area contributed by atoms with Crippen LogP contribution in [0.4, 0.5) is 11.4 Å². The van der Waals surface area contributed by atoms with Gasteiger partial charge < -0.3 is 10.1 Å². The Labute approximate surface area is 161 Å². The Hall–Kier alpha value is -3.12. The summed E-state index contributed by atoms with van der Waals surface area (Å²) < 4.78 is 6.24. The molecule has 7 heteroatoms. The number of ether oxygens (including phenoxy) is 1. The maximum atomic E-state index is 12.9. The molecule has 0 atom stereocenters. The van der Waals surface area contributed by atoms with Gasteiger partial charge in [-0.15, -0.1) is 0 Å². The van der Waals surface area contributed by atoms with Gasteiger partial charge in [-0.3, -0.25) is 4.79 Å². The summed E-state index contributed by atoms with van der Waals surface area (Å²) in [5, 5.41) is 7.92. The first-order valence-corrected chi connectivity index (χ1v) is 8.74. The van der Waals surface area contributed by atoms with Crippen LogP contribution < -0.4 is 10.9 Å². The summed E-state index contributed by atoms with van der Waals surface area (Å²) in [5.74, 6) is -0.647. The number of aromatic nitrogens is 2. The van der Waals surface area contributed by atoms with Crippen molar-refractivity contribution in [1.29, 1.82) is 0 Å². The molecular weight excluding hydrogens is 366 g/mol. The van der Waals surface area contributed by atoms with Gasteiger partial charge in [0, 0.05) is 22.8 Å². The zero-order valence-electron chi connectivity index (χ0n) is 14.9. The predicted molar refractivity (Wildman–Crippen MR) is 106 cm³/mol. The zero-order chi connectivity index (χ0) is 19.4. The summed E-state index contributed by atoms with van der Waals surface area (Å²) in [4.78, 5) is 25.5. The molecule has 0 aliphatic rings. The minimum absolute atomic E-state index is 0.0818. The lowest BCUT2D eigenvalue weighted by Crippen LogP contribution is -2.28. The first-order chi connectivity index (χ1) is 13.0. The Bertz CT molecular complexity index is 1030. The topological polar surface area (TPSA) is 73.2 Å². The molecule has 0 aliphatic heterocycles. The number of esters is 1. The summed E-state index contributed by atoms with van der Waals surface area (Å²) in [5.41, 5.74) is 1.41. The number of hydrogen-bond donors (Lipinski definition) is 1. The fraction of sp³-hybridized carbons (Fsp3) is 0.150. The smallest absolute Gasteiger partial charge is 0.342 e. The average molecular weight is 384 g/mol. The van der Waals surface area contributed by atoms with E-state index in [2.05, 4.69) is 10.4 Å². The average Bonchev–Trinajstić information content (AvgIpc) is 2.69. The second-order valence-corrected chi connectivity index (χ2v) is 6.15. The normalized spacial score (nSPS) is 10.5. The molecule has 1 heterocycles. The summed E-state index contributed by atoms with van der Waals surface area (Å²) >= 11 is 6.04. The molecular formula is C20H18ClN3O3. The molecule has 3 aromatic rings. The van der Waals surface area contributed by atoms with E-state index in [-0.39, 0.29) is 11.3 Å². The van der Waals surface area contributed by atoms with Crippen molar-refractivity contribution in [2.24, 2.45) is 0 Å². The molecule has 0 fully saturated rings. The molecule has 6 nitrogen and oxygen atoms in total. The minimum Gasteiger partial charge on any atom is -0.465 e. The van der Waals surface area contributed by atoms with Crippen LogP contribution in [-0.2, 0) is 11.3 Å². The van der Waals surface area contributed by atoms with Crippen molar-refractivity contribution in [2.75, 3.05) is 12.4 Å². The van der Waals surface area contributed by atoms with Crippen molar-refractivity contribution in [3.05, 3.63) is 75.5 Å². The van der Waals surface area contributed by atoms with Gasteiger partial charge in [-0.2, -0.15) is 5.10 Å². The highest BCUT2D eigenvalue weighted by Crippen LogP contribution is 2.28. The molecule has 27 heavy (non-hydrogen) atoms. The second-order valence-electron chi connectivity index (χ2n) is 5.71. The van der Waals surface area contributed by atoms with Gasteiger partial charge in [-0.1, -0.05) is 48.0 Å². The zero-order valence-corrected chi connectivity index (χ0v) is 15.7. The first-order valence-electron chi connectivity index (χ1n) is 8.36. The monoisotopic (exact) mass is 383 g/mol. The van der Waals surface area contributed by atoms with Crippen LogP contribution in [0.3, 0.4) is 0 Å². The number of benzene rings is 2. The Morgan fingerprint density at radius 1 is 1.19 bits per heavy atom. The third-order valence-corrected chi connectivity index (χ3v) is 4.22. The van der Waals surface area contributed by atoms with Crippen LogP contribution in [0.15, 0.2) is 59.4 Å². The minimum atomic E-state index is -0.647. The van der Waals surface area contributed by atoms with Gasteiger partial charge in [-0.25, -0.2) is 9.48 Å². The van der Waals surface area contributed by atoms with Crippen LogP contribution >= 0.6 is 11.6 Å². The highest BCUT2D eigenvalue weighted by Gasteiger charge is 2.25. The van der Waals surface area contributed by atoms with E-state index in [0.29, 0.717) is 28.5 Å². The molecule has 3 rings (SSSR count). The lowest BCUT2D eigenvalue weighted by Gasteiger charge is -2.16. The summed E-state index contributed by atoms with van der Waals surface area (Å²) in [6, 6.07) is 16.1. The van der Waals surface area contributed by atoms with Crippen molar-refractivity contribution in [1.82, 2.24) is 9.78 Å². The third-order valence-electron chi connectivity index (χ3n) is 3.99. The number of rotatable bonds is 5. The molecule has 0 saturated heterocycles. The fourth-order valence-electron chi connectivity index (χ4n) is 2.71. The molecule has 0 aliphatic carbocycles. The molecule has 1 N–H and O–H groups in total. The highest BCUT2D eigenvalue weighted by molar-refractivity contribution is 6.30. The molecule has 0 amide bonds. The Morgan fingerprint density at radius 2 is 1.93 bits per heavy atom. The van der Waals surface area contributed by atoms with Gasteiger partial charge in [0.25, 0.3) is 5.56 Å². The Kier molecular flexibility index (Phi) is 5.57. The van der Waals surface area contributed by atoms with Crippen molar-refractivity contribution >= 4 is 28.9 Å². The maximum Gasteiger partial charge on any atom is 0.342 e. The lowest BCUT2D eigenvalue weighted by atomic mass is 10.0. The van der Waals surface area contributed by atoms with Crippen LogP contribution in [0.1, 0.15) is 17.3 Å². The fourth-order valence-corrected chi connectivity index (χ4v) is 2.90. The van der Waals surface area contributed by atoms with E-state index in [9.17, 15) is 9.59 Å². The number of carbonyl (C=O) groups excluding carboxylic acids is 1. The van der Waals surface area contributed by atoms with Gasteiger partial charge >= 0.3 is 5.97 Å². The Balaban J connectivity index is 2.29. The highest BCUT2D eigenvalue weighted by atomic mass is 35.5. The van der Waals surface area contributed by atoms with Gasteiger partial charge in [0.05, 0.1) is 7.11 Å². The third kappa shape index (κ3) is 3.85. The van der Waals surface area contributed by atoms with E-state index in [4.69, 9.17) is 16.3 Å². The molecule has 0 bridgehead atoms. The maximum absolute atomic E-state index is 12.9. The van der Waals surface area contributed by atoms with E-state index < -0.39 is 11.5 Å². The van der Waals surface area contributed by atoms with E-state index in [0.717, 1.165) is 0 Å². The number of nitrogens with zero attached hydrogens (tertiary/aromatic N) is 2. The number of anilines is 2. The molecule has 2 aromatic carbocycles. The van der Waals surface area contributed by atoms with E-state index in [1.165, 1.54) is 11.8 Å². The second kappa shape index (κ2) is 8.05. The van der Waals surface area contributed by atoms with Gasteiger partial charge in [0.2, 0.25) is 0 Å². The van der Waals surface area contributed by atoms with E-state index in [1.807, 2.05) is 37.3 Å². The van der Waals surface area contributed by atoms with Crippen LogP contribution in [0.5, 0.6) is 0 Å². The number of methoxy groups -OCH3 is 1. The van der Waals surface area contributed by atoms with E-state index >= 15 is 0 Å². The summed E-state index contributed by atoms with van der Waals surface area (Å²) in [6.45, 7) is 2.16. The SMILES string of the molecule is CCn1nc(-c2ccccc2)c(C(=O)OC)c(Nc2cccc(Cl)c2)c1=O. The molecule has 1 aromatic heterocycles. The lowest BCUT2D eigenvalue weighted by molar-refractivity contribution is 0.0602. The van der Waals surface area contributed by atoms with Crippen molar-refractivity contribution in [3.63, 3.8) is 0 Å². The number of hydrogen-bond acceptors (Lipinski definition) is 5. The van der Waals surface area contributed by atoms with Crippen LogP contribution in [0.2, 0.25) is 5.02 Å². The predicted octanol–water partition coefficient (Wildman–Crippen LogP) is 4.11. The van der Waals surface area contributed by atoms with Gasteiger partial charge in [0.15, 0.2) is 0 Å².